The number of para-hydroxylation sites is 1. The summed E-state index contributed by atoms with van der Waals surface area (Å²) in [6.45, 7) is 0.717. The Morgan fingerprint density at radius 3 is 2.27 bits per heavy atom. The van der Waals surface area contributed by atoms with Crippen molar-refractivity contribution < 1.29 is 23.1 Å². The summed E-state index contributed by atoms with van der Waals surface area (Å²) >= 11 is 0. The number of fused-ring (bicyclic) bond motifs is 1. The van der Waals surface area contributed by atoms with Crippen LogP contribution in [-0.2, 0) is 27.4 Å². The molecule has 4 aliphatic carbocycles. The summed E-state index contributed by atoms with van der Waals surface area (Å²) in [7, 11) is 1.59. The molecular weight excluding hydrogens is 523 g/mol. The number of carbonyl (C=O) groups excluding carboxylic acids is 2. The first-order valence-electron chi connectivity index (χ1n) is 14.6. The lowest BCUT2D eigenvalue weighted by atomic mass is 9.49. The number of nitrogens with zero attached hydrogens (tertiary/aromatic N) is 2. The minimum Gasteiger partial charge on any atom is -0.464 e. The quantitative estimate of drug-likeness (QED) is 0.343. The van der Waals surface area contributed by atoms with Gasteiger partial charge in [0.1, 0.15) is 11.4 Å². The molecule has 7 nitrogen and oxygen atoms in total. The Hall–Kier alpha value is -3.52. The molecule has 0 N–H and O–H groups in total. The number of hydrogen-bond donors (Lipinski definition) is 0. The summed E-state index contributed by atoms with van der Waals surface area (Å²) < 4.78 is 24.7. The lowest BCUT2D eigenvalue weighted by Gasteiger charge is -2.56. The molecule has 1 heterocycles. The fraction of sp³-hybridized carbons (Fsp3) is 0.485. The van der Waals surface area contributed by atoms with Gasteiger partial charge in [-0.2, -0.15) is 0 Å². The topological polar surface area (TPSA) is 80.1 Å². The molecule has 0 unspecified atom stereocenters. The monoisotopic (exact) mass is 560 g/mol. The number of carbonyl (C=O) groups is 2. The van der Waals surface area contributed by atoms with Gasteiger partial charge in [0.05, 0.1) is 42.3 Å². The molecular formula is C33H37FN2O5. The largest absolute Gasteiger partial charge is 0.464 e. The maximum absolute atomic E-state index is 14.2. The van der Waals surface area contributed by atoms with E-state index in [2.05, 4.69) is 0 Å². The summed E-state index contributed by atoms with van der Waals surface area (Å²) in [5, 5.41) is 0.442. The van der Waals surface area contributed by atoms with E-state index in [4.69, 9.17) is 9.15 Å². The molecule has 3 aromatic rings. The van der Waals surface area contributed by atoms with Crippen LogP contribution in [0.5, 0.6) is 0 Å². The van der Waals surface area contributed by atoms with Gasteiger partial charge < -0.3 is 19.0 Å². The van der Waals surface area contributed by atoms with Crippen LogP contribution in [0.25, 0.3) is 11.0 Å². The van der Waals surface area contributed by atoms with Crippen molar-refractivity contribution in [2.24, 2.45) is 23.2 Å². The summed E-state index contributed by atoms with van der Waals surface area (Å²) in [5.74, 6) is 1.23. The molecule has 4 fully saturated rings. The van der Waals surface area contributed by atoms with E-state index in [1.165, 1.54) is 37.7 Å². The van der Waals surface area contributed by atoms with Gasteiger partial charge in [-0.25, -0.2) is 4.39 Å². The highest BCUT2D eigenvalue weighted by atomic mass is 19.1. The van der Waals surface area contributed by atoms with E-state index < -0.39 is 0 Å². The van der Waals surface area contributed by atoms with E-state index in [9.17, 15) is 18.8 Å². The van der Waals surface area contributed by atoms with Crippen LogP contribution < -0.4 is 5.43 Å². The van der Waals surface area contributed by atoms with Crippen molar-refractivity contribution in [1.82, 2.24) is 9.80 Å². The molecule has 41 heavy (non-hydrogen) atoms. The van der Waals surface area contributed by atoms with Crippen molar-refractivity contribution in [2.75, 3.05) is 26.8 Å². The smallest absolute Gasteiger partial charge is 0.242 e. The van der Waals surface area contributed by atoms with Gasteiger partial charge in [0.15, 0.2) is 5.43 Å². The first-order valence-corrected chi connectivity index (χ1v) is 14.6. The van der Waals surface area contributed by atoms with Crippen LogP contribution in [0.15, 0.2) is 64.0 Å². The minimum absolute atomic E-state index is 0.00699. The van der Waals surface area contributed by atoms with Crippen LogP contribution in [0.3, 0.4) is 0 Å². The van der Waals surface area contributed by atoms with Crippen LogP contribution in [0.2, 0.25) is 0 Å². The molecule has 0 radical (unpaired) electrons. The van der Waals surface area contributed by atoms with Crippen LogP contribution >= 0.6 is 0 Å². The Bertz CT molecular complexity index is 1450. The molecule has 2 aromatic carbocycles. The van der Waals surface area contributed by atoms with Gasteiger partial charge in [0, 0.05) is 20.2 Å². The maximum atomic E-state index is 14.2. The second-order valence-electron chi connectivity index (χ2n) is 12.4. The number of ether oxygens (including phenoxy) is 1. The third-order valence-electron chi connectivity index (χ3n) is 9.42. The van der Waals surface area contributed by atoms with Gasteiger partial charge in [0.25, 0.3) is 0 Å². The van der Waals surface area contributed by atoms with Crippen LogP contribution in [-0.4, -0.2) is 48.4 Å². The normalized spacial score (nSPS) is 24.5. The van der Waals surface area contributed by atoms with Gasteiger partial charge in [-0.3, -0.25) is 14.4 Å². The van der Waals surface area contributed by atoms with E-state index in [1.54, 1.807) is 53.3 Å². The SMILES string of the molecule is COCCN(CC(=O)N(Cc1ccc(F)cc1)Cc1coc2ccccc2c1=O)C(=O)C12CC3CC(CC(C3)C1)C2. The Labute approximate surface area is 239 Å². The van der Waals surface area contributed by atoms with E-state index in [0.29, 0.717) is 47.4 Å². The lowest BCUT2D eigenvalue weighted by Crippen LogP contribution is -2.56. The molecule has 0 spiro atoms. The zero-order chi connectivity index (χ0) is 28.6. The van der Waals surface area contributed by atoms with Gasteiger partial charge in [0.2, 0.25) is 11.8 Å². The average molecular weight is 561 g/mol. The van der Waals surface area contributed by atoms with Crippen LogP contribution in [0, 0.1) is 29.0 Å². The number of halogens is 1. The Morgan fingerprint density at radius 2 is 1.61 bits per heavy atom. The molecule has 0 saturated heterocycles. The third-order valence-corrected chi connectivity index (χ3v) is 9.42. The Kier molecular flexibility index (Phi) is 7.68. The van der Waals surface area contributed by atoms with E-state index >= 15 is 0 Å². The highest BCUT2D eigenvalue weighted by Crippen LogP contribution is 2.60. The van der Waals surface area contributed by atoms with E-state index in [0.717, 1.165) is 24.8 Å². The molecule has 2 amide bonds. The number of amides is 2. The predicted molar refractivity (Wildman–Crippen MR) is 152 cm³/mol. The van der Waals surface area contributed by atoms with Crippen molar-refractivity contribution in [1.29, 1.82) is 0 Å². The lowest BCUT2D eigenvalue weighted by molar-refractivity contribution is -0.161. The molecule has 8 heteroatoms. The third kappa shape index (κ3) is 5.67. The molecule has 4 aliphatic rings. The van der Waals surface area contributed by atoms with Gasteiger partial charge in [-0.05, 0) is 86.1 Å². The Balaban J connectivity index is 1.27. The average Bonchev–Trinajstić information content (AvgIpc) is 2.96. The molecule has 0 atom stereocenters. The van der Waals surface area contributed by atoms with E-state index in [-0.39, 0.29) is 48.1 Å². The summed E-state index contributed by atoms with van der Waals surface area (Å²) in [5.41, 5.74) is 0.953. The van der Waals surface area contributed by atoms with Crippen molar-refractivity contribution in [3.63, 3.8) is 0 Å². The summed E-state index contributed by atoms with van der Waals surface area (Å²) in [6, 6.07) is 13.0. The van der Waals surface area contributed by atoms with Crippen molar-refractivity contribution in [3.05, 3.63) is 82.0 Å². The number of hydrogen-bond acceptors (Lipinski definition) is 5. The fourth-order valence-corrected chi connectivity index (χ4v) is 7.90. The maximum Gasteiger partial charge on any atom is 0.242 e. The van der Waals surface area contributed by atoms with Crippen molar-refractivity contribution in [3.8, 4) is 0 Å². The summed E-state index contributed by atoms with van der Waals surface area (Å²) in [4.78, 5) is 44.7. The second-order valence-corrected chi connectivity index (χ2v) is 12.4. The minimum atomic E-state index is -0.385. The van der Waals surface area contributed by atoms with Gasteiger partial charge in [-0.1, -0.05) is 24.3 Å². The Morgan fingerprint density at radius 1 is 0.951 bits per heavy atom. The zero-order valence-corrected chi connectivity index (χ0v) is 23.5. The fourth-order valence-electron chi connectivity index (χ4n) is 7.90. The molecule has 4 bridgehead atoms. The van der Waals surface area contributed by atoms with Gasteiger partial charge >= 0.3 is 0 Å². The first-order chi connectivity index (χ1) is 19.8. The zero-order valence-electron chi connectivity index (χ0n) is 23.5. The second kappa shape index (κ2) is 11.4. The number of benzene rings is 2. The first kappa shape index (κ1) is 27.6. The van der Waals surface area contributed by atoms with Crippen LogP contribution in [0.1, 0.15) is 49.7 Å². The number of methoxy groups -OCH3 is 1. The van der Waals surface area contributed by atoms with E-state index in [1.807, 2.05) is 0 Å². The molecule has 0 aliphatic heterocycles. The molecule has 7 rings (SSSR count). The van der Waals surface area contributed by atoms with Crippen molar-refractivity contribution in [2.45, 2.75) is 51.6 Å². The molecule has 1 aromatic heterocycles. The standard InChI is InChI=1S/C33H37FN2O5/c1-40-11-10-35(32(39)33-15-23-12-24(16-33)14-25(13-23)17-33)20-30(37)36(18-22-6-8-27(34)9-7-22)19-26-21-41-29-5-3-2-4-28(29)31(26)38/h2-9,21,23-25H,10-20H2,1H3. The number of rotatable bonds is 10. The van der Waals surface area contributed by atoms with Gasteiger partial charge in [-0.15, -0.1) is 0 Å². The summed E-state index contributed by atoms with van der Waals surface area (Å²) in [6.07, 6.45) is 7.81. The predicted octanol–water partition coefficient (Wildman–Crippen LogP) is 5.15. The van der Waals surface area contributed by atoms with Crippen molar-refractivity contribution >= 4 is 22.8 Å². The van der Waals surface area contributed by atoms with Crippen LogP contribution in [0.4, 0.5) is 4.39 Å². The highest BCUT2D eigenvalue weighted by Gasteiger charge is 2.55. The molecule has 4 saturated carbocycles. The highest BCUT2D eigenvalue weighted by molar-refractivity contribution is 5.88. The molecule has 216 valence electrons.